The van der Waals surface area contributed by atoms with Crippen LogP contribution in [-0.4, -0.2) is 23.1 Å². The summed E-state index contributed by atoms with van der Waals surface area (Å²) in [5.74, 6) is 0.814. The zero-order valence-electron chi connectivity index (χ0n) is 9.63. The molecule has 17 heavy (non-hydrogen) atoms. The number of aromatic nitrogens is 2. The lowest BCUT2D eigenvalue weighted by Crippen LogP contribution is -2.22. The summed E-state index contributed by atoms with van der Waals surface area (Å²) in [4.78, 5) is 8.12. The molecule has 0 radical (unpaired) electrons. The molecule has 0 aliphatic rings. The zero-order chi connectivity index (χ0) is 11.8. The second-order valence-corrected chi connectivity index (χ2v) is 3.68. The van der Waals surface area contributed by atoms with E-state index in [-0.39, 0.29) is 0 Å². The van der Waals surface area contributed by atoms with Crippen molar-refractivity contribution in [2.24, 2.45) is 0 Å². The van der Waals surface area contributed by atoms with E-state index in [9.17, 15) is 0 Å². The van der Waals surface area contributed by atoms with Crippen molar-refractivity contribution in [1.82, 2.24) is 15.3 Å². The number of nitrogens with one attached hydrogen (secondary N) is 2. The highest BCUT2D eigenvalue weighted by Gasteiger charge is 1.92. The van der Waals surface area contributed by atoms with Gasteiger partial charge in [0.25, 0.3) is 0 Å². The van der Waals surface area contributed by atoms with Gasteiger partial charge < -0.3 is 10.6 Å². The summed E-state index contributed by atoms with van der Waals surface area (Å²) in [6.07, 6.45) is 5.07. The number of hydrogen-bond donors (Lipinski definition) is 2. The minimum Gasteiger partial charge on any atom is -0.368 e. The minimum atomic E-state index is 0.814. The third-order valence-electron chi connectivity index (χ3n) is 2.34. The molecule has 0 unspecified atom stereocenters. The van der Waals surface area contributed by atoms with Gasteiger partial charge in [0, 0.05) is 32.0 Å². The van der Waals surface area contributed by atoms with Crippen molar-refractivity contribution in [1.29, 1.82) is 0 Å². The molecule has 0 atom stereocenters. The van der Waals surface area contributed by atoms with Gasteiger partial charge in [-0.15, -0.1) is 0 Å². The maximum absolute atomic E-state index is 4.13. The number of anilines is 1. The molecule has 0 saturated carbocycles. The molecule has 88 valence electrons. The molecule has 4 heteroatoms. The first-order valence-corrected chi connectivity index (χ1v) is 5.70. The SMILES string of the molecule is c1ccc(CNCCNc2cnccn2)cc1. The quantitative estimate of drug-likeness (QED) is 0.739. The molecule has 1 aromatic heterocycles. The summed E-state index contributed by atoms with van der Waals surface area (Å²) < 4.78 is 0. The van der Waals surface area contributed by atoms with Gasteiger partial charge in [-0.25, -0.2) is 4.98 Å². The van der Waals surface area contributed by atoms with Gasteiger partial charge in [-0.05, 0) is 5.56 Å². The summed E-state index contributed by atoms with van der Waals surface area (Å²) in [6.45, 7) is 2.62. The van der Waals surface area contributed by atoms with E-state index in [0.29, 0.717) is 0 Å². The Labute approximate surface area is 101 Å². The summed E-state index contributed by atoms with van der Waals surface area (Å²) in [5.41, 5.74) is 1.30. The number of rotatable bonds is 6. The highest BCUT2D eigenvalue weighted by atomic mass is 15.0. The Morgan fingerprint density at radius 1 is 1.00 bits per heavy atom. The molecular weight excluding hydrogens is 212 g/mol. The predicted molar refractivity (Wildman–Crippen MR) is 68.7 cm³/mol. The first kappa shape index (κ1) is 11.5. The molecule has 1 aromatic carbocycles. The summed E-state index contributed by atoms with van der Waals surface area (Å²) in [5, 5.41) is 6.56. The molecular formula is C13H16N4. The van der Waals surface area contributed by atoms with Crippen LogP contribution in [0.4, 0.5) is 5.82 Å². The van der Waals surface area contributed by atoms with E-state index in [0.717, 1.165) is 25.5 Å². The Morgan fingerprint density at radius 3 is 2.65 bits per heavy atom. The van der Waals surface area contributed by atoms with Gasteiger partial charge in [-0.2, -0.15) is 0 Å². The van der Waals surface area contributed by atoms with Crippen molar-refractivity contribution in [2.75, 3.05) is 18.4 Å². The summed E-state index contributed by atoms with van der Waals surface area (Å²) in [6, 6.07) is 10.4. The maximum Gasteiger partial charge on any atom is 0.144 e. The van der Waals surface area contributed by atoms with Crippen molar-refractivity contribution < 1.29 is 0 Å². The molecule has 1 heterocycles. The normalized spacial score (nSPS) is 10.1. The summed E-state index contributed by atoms with van der Waals surface area (Å²) in [7, 11) is 0. The lowest BCUT2D eigenvalue weighted by atomic mass is 10.2. The van der Waals surface area contributed by atoms with Crippen LogP contribution in [0.15, 0.2) is 48.9 Å². The highest BCUT2D eigenvalue weighted by molar-refractivity contribution is 5.29. The van der Waals surface area contributed by atoms with Crippen molar-refractivity contribution in [2.45, 2.75) is 6.54 Å². The van der Waals surface area contributed by atoms with Crippen molar-refractivity contribution >= 4 is 5.82 Å². The van der Waals surface area contributed by atoms with E-state index in [1.54, 1.807) is 18.6 Å². The molecule has 2 aromatic rings. The Hall–Kier alpha value is -1.94. The van der Waals surface area contributed by atoms with Gasteiger partial charge in [0.05, 0.1) is 6.20 Å². The minimum absolute atomic E-state index is 0.814. The van der Waals surface area contributed by atoms with Gasteiger partial charge in [0.2, 0.25) is 0 Å². The Morgan fingerprint density at radius 2 is 1.88 bits per heavy atom. The lowest BCUT2D eigenvalue weighted by Gasteiger charge is -2.06. The topological polar surface area (TPSA) is 49.8 Å². The maximum atomic E-state index is 4.13. The fraction of sp³-hybridized carbons (Fsp3) is 0.231. The Balaban J connectivity index is 1.61. The van der Waals surface area contributed by atoms with Crippen molar-refractivity contribution in [3.8, 4) is 0 Å². The molecule has 0 bridgehead atoms. The summed E-state index contributed by atoms with van der Waals surface area (Å²) >= 11 is 0. The highest BCUT2D eigenvalue weighted by Crippen LogP contribution is 1.97. The van der Waals surface area contributed by atoms with Crippen LogP contribution >= 0.6 is 0 Å². The van der Waals surface area contributed by atoms with E-state index < -0.39 is 0 Å². The average Bonchev–Trinajstić information content (AvgIpc) is 2.41. The second-order valence-electron chi connectivity index (χ2n) is 3.68. The third-order valence-corrected chi connectivity index (χ3v) is 2.34. The van der Waals surface area contributed by atoms with Crippen LogP contribution in [0.2, 0.25) is 0 Å². The van der Waals surface area contributed by atoms with Gasteiger partial charge in [-0.3, -0.25) is 4.98 Å². The van der Waals surface area contributed by atoms with E-state index in [1.165, 1.54) is 5.56 Å². The monoisotopic (exact) mass is 228 g/mol. The number of hydrogen-bond acceptors (Lipinski definition) is 4. The third kappa shape index (κ3) is 4.20. The van der Waals surface area contributed by atoms with Gasteiger partial charge in [0.15, 0.2) is 0 Å². The smallest absolute Gasteiger partial charge is 0.144 e. The average molecular weight is 228 g/mol. The van der Waals surface area contributed by atoms with E-state index in [1.807, 2.05) is 6.07 Å². The molecule has 0 spiro atoms. The van der Waals surface area contributed by atoms with E-state index >= 15 is 0 Å². The number of nitrogens with zero attached hydrogens (tertiary/aromatic N) is 2. The standard InChI is InChI=1S/C13H16N4/c1-2-4-12(5-3-1)10-14-6-8-16-13-11-15-7-9-17-13/h1-5,7,9,11,14H,6,8,10H2,(H,16,17). The first-order chi connectivity index (χ1) is 8.45. The van der Waals surface area contributed by atoms with Crippen molar-refractivity contribution in [3.63, 3.8) is 0 Å². The van der Waals surface area contributed by atoms with E-state index in [4.69, 9.17) is 0 Å². The van der Waals surface area contributed by atoms with Crippen LogP contribution in [0.25, 0.3) is 0 Å². The molecule has 0 aliphatic heterocycles. The molecule has 0 aliphatic carbocycles. The van der Waals surface area contributed by atoms with Gasteiger partial charge >= 0.3 is 0 Å². The predicted octanol–water partition coefficient (Wildman–Crippen LogP) is 1.68. The fourth-order valence-electron chi connectivity index (χ4n) is 1.50. The van der Waals surface area contributed by atoms with Crippen LogP contribution < -0.4 is 10.6 Å². The molecule has 2 rings (SSSR count). The lowest BCUT2D eigenvalue weighted by molar-refractivity contribution is 0.706. The van der Waals surface area contributed by atoms with Crippen molar-refractivity contribution in [3.05, 3.63) is 54.5 Å². The number of benzene rings is 1. The Bertz CT molecular complexity index is 374. The zero-order valence-corrected chi connectivity index (χ0v) is 9.63. The van der Waals surface area contributed by atoms with E-state index in [2.05, 4.69) is 44.9 Å². The van der Waals surface area contributed by atoms with Crippen LogP contribution in [0.1, 0.15) is 5.56 Å². The largest absolute Gasteiger partial charge is 0.368 e. The molecule has 4 nitrogen and oxygen atoms in total. The fourth-order valence-corrected chi connectivity index (χ4v) is 1.50. The van der Waals surface area contributed by atoms with Crippen LogP contribution in [0, 0.1) is 0 Å². The van der Waals surface area contributed by atoms with Crippen LogP contribution in [-0.2, 0) is 6.54 Å². The van der Waals surface area contributed by atoms with Crippen LogP contribution in [0.3, 0.4) is 0 Å². The van der Waals surface area contributed by atoms with Gasteiger partial charge in [-0.1, -0.05) is 30.3 Å². The Kier molecular flexibility index (Phi) is 4.48. The molecule has 0 amide bonds. The molecule has 0 saturated heterocycles. The first-order valence-electron chi connectivity index (χ1n) is 5.70. The second kappa shape index (κ2) is 6.60. The van der Waals surface area contributed by atoms with Crippen LogP contribution in [0.5, 0.6) is 0 Å². The van der Waals surface area contributed by atoms with Gasteiger partial charge in [0.1, 0.15) is 5.82 Å². The molecule has 2 N–H and O–H groups in total. The molecule has 0 fully saturated rings.